The van der Waals surface area contributed by atoms with E-state index >= 15 is 0 Å². The van der Waals surface area contributed by atoms with E-state index in [-0.39, 0.29) is 23.5 Å². The number of nitrogens with zero attached hydrogens (tertiary/aromatic N) is 1. The molecule has 2 aliphatic heterocycles. The van der Waals surface area contributed by atoms with Gasteiger partial charge in [-0.3, -0.25) is 9.59 Å². The lowest BCUT2D eigenvalue weighted by atomic mass is 9.83. The molecule has 3 atom stereocenters. The summed E-state index contributed by atoms with van der Waals surface area (Å²) in [6, 6.07) is 0. The van der Waals surface area contributed by atoms with Crippen LogP contribution >= 0.6 is 0 Å². The highest BCUT2D eigenvalue weighted by molar-refractivity contribution is 5.99. The third-order valence-electron chi connectivity index (χ3n) is 5.15. The van der Waals surface area contributed by atoms with Crippen LogP contribution in [-0.2, 0) is 9.59 Å². The summed E-state index contributed by atoms with van der Waals surface area (Å²) in [4.78, 5) is 26.5. The number of amides is 1. The van der Waals surface area contributed by atoms with Gasteiger partial charge >= 0.3 is 0 Å². The molecule has 3 aliphatic rings. The highest BCUT2D eigenvalue weighted by Gasteiger charge is 2.39. The molecule has 0 spiro atoms. The Bertz CT molecular complexity index is 468. The minimum absolute atomic E-state index is 0.0371. The zero-order chi connectivity index (χ0) is 14.3. The summed E-state index contributed by atoms with van der Waals surface area (Å²) in [5.74, 6) is 0.281. The van der Waals surface area contributed by atoms with E-state index in [0.717, 1.165) is 44.3 Å². The largest absolute Gasteiger partial charge is 0.392 e. The maximum atomic E-state index is 12.3. The summed E-state index contributed by atoms with van der Waals surface area (Å²) in [6.07, 6.45) is 3.70. The van der Waals surface area contributed by atoms with Gasteiger partial charge in [-0.25, -0.2) is 0 Å². The van der Waals surface area contributed by atoms with Crippen LogP contribution in [0.2, 0.25) is 0 Å². The molecule has 0 aromatic rings. The van der Waals surface area contributed by atoms with Gasteiger partial charge in [-0.1, -0.05) is 12.5 Å². The molecule has 1 N–H and O–H groups in total. The van der Waals surface area contributed by atoms with Gasteiger partial charge in [0, 0.05) is 31.8 Å². The van der Waals surface area contributed by atoms with Gasteiger partial charge in [0.25, 0.3) is 0 Å². The first-order chi connectivity index (χ1) is 9.58. The molecule has 2 bridgehead atoms. The topological polar surface area (TPSA) is 57.6 Å². The molecule has 0 unspecified atom stereocenters. The average molecular weight is 277 g/mol. The van der Waals surface area contributed by atoms with E-state index < -0.39 is 6.10 Å². The Morgan fingerprint density at radius 2 is 1.80 bits per heavy atom. The number of hydrogen-bond donors (Lipinski definition) is 1. The van der Waals surface area contributed by atoms with E-state index in [1.807, 2.05) is 11.8 Å². The number of carbonyl (C=O) groups is 2. The standard InChI is InChI=1S/C16H23NO3/c1-10-8-15(19)17-6-2-4-11-12(5-3-7-17)14(18)9-13(11)16(10)20/h10,13,16,20H,2-9H2,1H3/t10-,13-,16+/m0/s1. The van der Waals surface area contributed by atoms with E-state index in [9.17, 15) is 14.7 Å². The molecular formula is C16H23NO3. The number of rotatable bonds is 0. The van der Waals surface area contributed by atoms with E-state index in [1.54, 1.807) is 0 Å². The quantitative estimate of drug-likeness (QED) is 0.733. The van der Waals surface area contributed by atoms with Gasteiger partial charge in [-0.2, -0.15) is 0 Å². The van der Waals surface area contributed by atoms with Crippen molar-refractivity contribution in [3.8, 4) is 0 Å². The number of fused-ring (bicyclic) bond motifs is 3. The molecule has 2 heterocycles. The lowest BCUT2D eigenvalue weighted by Gasteiger charge is -2.30. The number of aliphatic hydroxyl groups excluding tert-OH is 1. The Balaban J connectivity index is 2.00. The molecule has 1 amide bonds. The second-order valence-electron chi connectivity index (χ2n) is 6.50. The minimum atomic E-state index is -0.562. The summed E-state index contributed by atoms with van der Waals surface area (Å²) in [5.41, 5.74) is 2.17. The number of carbonyl (C=O) groups excluding carboxylic acids is 2. The first kappa shape index (κ1) is 13.8. The first-order valence-corrected chi connectivity index (χ1v) is 7.79. The van der Waals surface area contributed by atoms with Crippen LogP contribution in [-0.4, -0.2) is 40.9 Å². The second-order valence-corrected chi connectivity index (χ2v) is 6.50. The fourth-order valence-corrected chi connectivity index (χ4v) is 4.00. The van der Waals surface area contributed by atoms with Crippen molar-refractivity contribution in [3.63, 3.8) is 0 Å². The summed E-state index contributed by atoms with van der Waals surface area (Å²) in [7, 11) is 0. The van der Waals surface area contributed by atoms with Crippen molar-refractivity contribution in [2.75, 3.05) is 13.1 Å². The summed E-state index contributed by atoms with van der Waals surface area (Å²) >= 11 is 0. The van der Waals surface area contributed by atoms with Gasteiger partial charge in [-0.15, -0.1) is 0 Å². The Hall–Kier alpha value is -1.16. The fraction of sp³-hybridized carbons (Fsp3) is 0.750. The van der Waals surface area contributed by atoms with Crippen molar-refractivity contribution >= 4 is 11.7 Å². The van der Waals surface area contributed by atoms with Crippen LogP contribution in [0.3, 0.4) is 0 Å². The lowest BCUT2D eigenvalue weighted by Crippen LogP contribution is -2.38. The van der Waals surface area contributed by atoms with E-state index in [1.165, 1.54) is 5.57 Å². The Morgan fingerprint density at radius 3 is 2.55 bits per heavy atom. The van der Waals surface area contributed by atoms with Gasteiger partial charge in [-0.05, 0) is 37.2 Å². The molecule has 0 aromatic carbocycles. The molecule has 3 rings (SSSR count). The van der Waals surface area contributed by atoms with E-state index in [4.69, 9.17) is 0 Å². The van der Waals surface area contributed by atoms with Crippen molar-refractivity contribution in [1.29, 1.82) is 0 Å². The molecule has 0 saturated carbocycles. The Labute approximate surface area is 119 Å². The van der Waals surface area contributed by atoms with Crippen molar-refractivity contribution in [3.05, 3.63) is 11.1 Å². The lowest BCUT2D eigenvalue weighted by molar-refractivity contribution is -0.133. The van der Waals surface area contributed by atoms with Crippen LogP contribution in [0, 0.1) is 11.8 Å². The van der Waals surface area contributed by atoms with E-state index in [2.05, 4.69) is 0 Å². The van der Waals surface area contributed by atoms with Crippen molar-refractivity contribution in [2.24, 2.45) is 11.8 Å². The first-order valence-electron chi connectivity index (χ1n) is 7.79. The van der Waals surface area contributed by atoms with Gasteiger partial charge in [0.15, 0.2) is 5.78 Å². The molecule has 110 valence electrons. The molecule has 0 aromatic heterocycles. The van der Waals surface area contributed by atoms with Crippen LogP contribution < -0.4 is 0 Å². The van der Waals surface area contributed by atoms with Crippen molar-refractivity contribution in [1.82, 2.24) is 4.90 Å². The van der Waals surface area contributed by atoms with Crippen molar-refractivity contribution in [2.45, 2.75) is 51.6 Å². The van der Waals surface area contributed by atoms with Crippen LogP contribution in [0.4, 0.5) is 0 Å². The smallest absolute Gasteiger partial charge is 0.222 e. The number of hydrogen-bond acceptors (Lipinski definition) is 3. The molecule has 1 fully saturated rings. The minimum Gasteiger partial charge on any atom is -0.392 e. The van der Waals surface area contributed by atoms with Crippen molar-refractivity contribution < 1.29 is 14.7 Å². The maximum absolute atomic E-state index is 12.3. The number of aliphatic hydroxyl groups is 1. The molecule has 0 radical (unpaired) electrons. The summed E-state index contributed by atoms with van der Waals surface area (Å²) in [6.45, 7) is 3.47. The van der Waals surface area contributed by atoms with Gasteiger partial charge in [0.1, 0.15) is 0 Å². The van der Waals surface area contributed by atoms with Crippen LogP contribution in [0.1, 0.15) is 45.4 Å². The van der Waals surface area contributed by atoms with Gasteiger partial charge < -0.3 is 10.0 Å². The summed E-state index contributed by atoms with van der Waals surface area (Å²) in [5, 5.41) is 10.6. The van der Waals surface area contributed by atoms with Crippen LogP contribution in [0.5, 0.6) is 0 Å². The highest BCUT2D eigenvalue weighted by atomic mass is 16.3. The monoisotopic (exact) mass is 277 g/mol. The van der Waals surface area contributed by atoms with Crippen LogP contribution in [0.25, 0.3) is 0 Å². The third kappa shape index (κ3) is 2.30. The highest BCUT2D eigenvalue weighted by Crippen LogP contribution is 2.40. The summed E-state index contributed by atoms with van der Waals surface area (Å²) < 4.78 is 0. The number of allylic oxidation sites excluding steroid dienone is 1. The number of Topliss-reactive ketones (excluding diaryl/α,β-unsaturated/α-hetero) is 1. The van der Waals surface area contributed by atoms with Gasteiger partial charge in [0.05, 0.1) is 6.10 Å². The maximum Gasteiger partial charge on any atom is 0.222 e. The third-order valence-corrected chi connectivity index (χ3v) is 5.15. The number of ketones is 1. The Morgan fingerprint density at radius 1 is 1.10 bits per heavy atom. The van der Waals surface area contributed by atoms with E-state index in [0.29, 0.717) is 12.8 Å². The molecule has 20 heavy (non-hydrogen) atoms. The second kappa shape index (κ2) is 5.32. The molecule has 1 aliphatic carbocycles. The molecular weight excluding hydrogens is 254 g/mol. The fourth-order valence-electron chi connectivity index (χ4n) is 4.00. The molecule has 4 nitrogen and oxygen atoms in total. The molecule has 4 heteroatoms. The zero-order valence-electron chi connectivity index (χ0n) is 12.1. The SMILES string of the molecule is C[C@H]1CC(=O)N2CCCC3=C(CCC2)[C@H](CC3=O)[C@@H]1O. The van der Waals surface area contributed by atoms with Crippen LogP contribution in [0.15, 0.2) is 11.1 Å². The predicted octanol–water partition coefficient (Wildman–Crippen LogP) is 1.68. The average Bonchev–Trinajstić information content (AvgIpc) is 2.76. The normalized spacial score (nSPS) is 35.3. The zero-order valence-corrected chi connectivity index (χ0v) is 12.1. The predicted molar refractivity (Wildman–Crippen MR) is 75.0 cm³/mol. The molecule has 1 saturated heterocycles. The Kier molecular flexibility index (Phi) is 3.67. The van der Waals surface area contributed by atoms with Gasteiger partial charge in [0.2, 0.25) is 5.91 Å².